The van der Waals surface area contributed by atoms with Crippen LogP contribution in [0.2, 0.25) is 0 Å². The Morgan fingerprint density at radius 3 is 2.53 bits per heavy atom. The third-order valence-corrected chi connectivity index (χ3v) is 3.53. The summed E-state index contributed by atoms with van der Waals surface area (Å²) < 4.78 is 8.92. The van der Waals surface area contributed by atoms with Crippen molar-refractivity contribution < 1.29 is 24.2 Å². The van der Waals surface area contributed by atoms with E-state index in [9.17, 15) is 14.7 Å². The smallest absolute Gasteiger partial charge is 0.434 e. The van der Waals surface area contributed by atoms with Gasteiger partial charge in [0.05, 0.1) is 12.2 Å². The standard InChI is InChI=1S/C13H23NO5/c1-2-18-12(16)19-11(15)7-6-10(14)13(17)8-4-3-5-9-13/h10,17H,2-9,14H2,1H3. The molecule has 6 heteroatoms. The highest BCUT2D eigenvalue weighted by Gasteiger charge is 2.35. The molecule has 1 aliphatic rings. The Hall–Kier alpha value is -1.14. The van der Waals surface area contributed by atoms with Gasteiger partial charge in [0, 0.05) is 12.5 Å². The first-order valence-electron chi connectivity index (χ1n) is 6.83. The molecule has 0 spiro atoms. The van der Waals surface area contributed by atoms with Crippen molar-refractivity contribution in [2.24, 2.45) is 5.73 Å². The first-order chi connectivity index (χ1) is 8.98. The number of nitrogens with two attached hydrogens (primary N) is 1. The molecule has 0 amide bonds. The fourth-order valence-electron chi connectivity index (χ4n) is 2.37. The summed E-state index contributed by atoms with van der Waals surface area (Å²) >= 11 is 0. The molecule has 1 unspecified atom stereocenters. The van der Waals surface area contributed by atoms with Gasteiger partial charge in [0.15, 0.2) is 0 Å². The minimum atomic E-state index is -0.988. The Morgan fingerprint density at radius 2 is 1.95 bits per heavy atom. The average Bonchev–Trinajstić information content (AvgIpc) is 2.37. The number of hydrogen-bond donors (Lipinski definition) is 2. The lowest BCUT2D eigenvalue weighted by Gasteiger charge is -2.37. The molecular formula is C13H23NO5. The van der Waals surface area contributed by atoms with Crippen LogP contribution in [0.25, 0.3) is 0 Å². The fraction of sp³-hybridized carbons (Fsp3) is 0.846. The molecule has 1 aliphatic carbocycles. The maximum Gasteiger partial charge on any atom is 0.516 e. The summed E-state index contributed by atoms with van der Waals surface area (Å²) in [5.41, 5.74) is 5.06. The Morgan fingerprint density at radius 1 is 1.32 bits per heavy atom. The van der Waals surface area contributed by atoms with Gasteiger partial charge in [-0.1, -0.05) is 19.3 Å². The van der Waals surface area contributed by atoms with Crippen LogP contribution in [0.3, 0.4) is 0 Å². The number of rotatable bonds is 5. The topological polar surface area (TPSA) is 98.9 Å². The average molecular weight is 273 g/mol. The zero-order valence-electron chi connectivity index (χ0n) is 11.4. The molecule has 110 valence electrons. The van der Waals surface area contributed by atoms with Crippen LogP contribution in [0.4, 0.5) is 4.79 Å². The van der Waals surface area contributed by atoms with Crippen LogP contribution in [0.1, 0.15) is 51.9 Å². The van der Waals surface area contributed by atoms with Gasteiger partial charge in [0.2, 0.25) is 0 Å². The van der Waals surface area contributed by atoms with Gasteiger partial charge in [-0.05, 0) is 26.2 Å². The van der Waals surface area contributed by atoms with E-state index in [0.29, 0.717) is 19.3 Å². The number of hydrogen-bond acceptors (Lipinski definition) is 6. The normalized spacial score (nSPS) is 19.5. The summed E-state index contributed by atoms with van der Waals surface area (Å²) in [5.74, 6) is -0.673. The van der Waals surface area contributed by atoms with Gasteiger partial charge in [0.1, 0.15) is 0 Å². The molecule has 6 nitrogen and oxygen atoms in total. The second-order valence-electron chi connectivity index (χ2n) is 4.97. The highest BCUT2D eigenvalue weighted by atomic mass is 16.7. The quantitative estimate of drug-likeness (QED) is 0.581. The van der Waals surface area contributed by atoms with Crippen LogP contribution >= 0.6 is 0 Å². The Bertz CT molecular complexity index is 312. The minimum Gasteiger partial charge on any atom is -0.434 e. The van der Waals surface area contributed by atoms with Crippen molar-refractivity contribution in [1.82, 2.24) is 0 Å². The van der Waals surface area contributed by atoms with Crippen molar-refractivity contribution in [2.45, 2.75) is 63.5 Å². The maximum atomic E-state index is 11.4. The second-order valence-corrected chi connectivity index (χ2v) is 4.97. The van der Waals surface area contributed by atoms with Crippen LogP contribution in [-0.4, -0.2) is 35.5 Å². The lowest BCUT2D eigenvalue weighted by Crippen LogP contribution is -2.49. The summed E-state index contributed by atoms with van der Waals surface area (Å²) in [6.07, 6.45) is 3.67. The predicted octanol–water partition coefficient (Wildman–Crippen LogP) is 1.49. The maximum absolute atomic E-state index is 11.4. The molecule has 0 aromatic heterocycles. The van der Waals surface area contributed by atoms with Gasteiger partial charge in [-0.15, -0.1) is 0 Å². The molecule has 0 bridgehead atoms. The summed E-state index contributed by atoms with van der Waals surface area (Å²) in [6.45, 7) is 1.78. The molecule has 0 heterocycles. The van der Waals surface area contributed by atoms with E-state index >= 15 is 0 Å². The van der Waals surface area contributed by atoms with Crippen LogP contribution in [-0.2, 0) is 14.3 Å². The van der Waals surface area contributed by atoms with E-state index in [0.717, 1.165) is 19.3 Å². The van der Waals surface area contributed by atoms with Crippen LogP contribution in [0.15, 0.2) is 0 Å². The summed E-state index contributed by atoms with van der Waals surface area (Å²) in [4.78, 5) is 22.3. The van der Waals surface area contributed by atoms with E-state index in [2.05, 4.69) is 9.47 Å². The molecule has 0 radical (unpaired) electrons. The van der Waals surface area contributed by atoms with Crippen molar-refractivity contribution in [2.75, 3.05) is 6.61 Å². The first-order valence-corrected chi connectivity index (χ1v) is 6.83. The molecule has 19 heavy (non-hydrogen) atoms. The Kier molecular flexibility index (Phi) is 6.24. The van der Waals surface area contributed by atoms with Crippen LogP contribution in [0, 0.1) is 0 Å². The van der Waals surface area contributed by atoms with E-state index in [-0.39, 0.29) is 13.0 Å². The molecular weight excluding hydrogens is 250 g/mol. The number of esters is 1. The van der Waals surface area contributed by atoms with Crippen molar-refractivity contribution in [3.63, 3.8) is 0 Å². The highest BCUT2D eigenvalue weighted by Crippen LogP contribution is 2.31. The van der Waals surface area contributed by atoms with Crippen LogP contribution < -0.4 is 5.73 Å². The number of carbonyl (C=O) groups excluding carboxylic acids is 2. The van der Waals surface area contributed by atoms with Crippen LogP contribution in [0.5, 0.6) is 0 Å². The SMILES string of the molecule is CCOC(=O)OC(=O)CCC(N)C1(O)CCCCC1. The molecule has 0 saturated heterocycles. The monoisotopic (exact) mass is 273 g/mol. The molecule has 1 atom stereocenters. The Labute approximate surface area is 113 Å². The molecule has 3 N–H and O–H groups in total. The van der Waals surface area contributed by atoms with E-state index in [1.807, 2.05) is 0 Å². The molecule has 0 aromatic carbocycles. The zero-order valence-corrected chi connectivity index (χ0v) is 11.4. The lowest BCUT2D eigenvalue weighted by molar-refractivity contribution is -0.140. The number of carbonyl (C=O) groups is 2. The van der Waals surface area contributed by atoms with E-state index in [1.165, 1.54) is 0 Å². The van der Waals surface area contributed by atoms with E-state index < -0.39 is 23.8 Å². The van der Waals surface area contributed by atoms with Gasteiger partial charge >= 0.3 is 12.1 Å². The van der Waals surface area contributed by atoms with Crippen molar-refractivity contribution >= 4 is 12.1 Å². The van der Waals surface area contributed by atoms with Gasteiger partial charge in [-0.3, -0.25) is 4.79 Å². The van der Waals surface area contributed by atoms with Crippen molar-refractivity contribution in [1.29, 1.82) is 0 Å². The predicted molar refractivity (Wildman–Crippen MR) is 68.4 cm³/mol. The molecule has 1 fully saturated rings. The summed E-state index contributed by atoms with van der Waals surface area (Å²) in [6, 6.07) is -0.470. The first kappa shape index (κ1) is 15.9. The molecule has 0 aromatic rings. The summed E-state index contributed by atoms with van der Waals surface area (Å²) in [5, 5.41) is 10.4. The zero-order chi connectivity index (χ0) is 14.3. The van der Waals surface area contributed by atoms with Gasteiger partial charge in [0.25, 0.3) is 0 Å². The third kappa shape index (κ3) is 5.16. The molecule has 1 rings (SSSR count). The third-order valence-electron chi connectivity index (χ3n) is 3.53. The number of ether oxygens (including phenoxy) is 2. The van der Waals surface area contributed by atoms with E-state index in [1.54, 1.807) is 6.92 Å². The van der Waals surface area contributed by atoms with Gasteiger partial charge < -0.3 is 20.3 Å². The largest absolute Gasteiger partial charge is 0.516 e. The fourth-order valence-corrected chi connectivity index (χ4v) is 2.37. The second kappa shape index (κ2) is 7.45. The van der Waals surface area contributed by atoms with Crippen molar-refractivity contribution in [3.8, 4) is 0 Å². The summed E-state index contributed by atoms with van der Waals surface area (Å²) in [7, 11) is 0. The van der Waals surface area contributed by atoms with Gasteiger partial charge in [-0.2, -0.15) is 0 Å². The van der Waals surface area contributed by atoms with Crippen molar-refractivity contribution in [3.05, 3.63) is 0 Å². The lowest BCUT2D eigenvalue weighted by atomic mass is 9.78. The van der Waals surface area contributed by atoms with Gasteiger partial charge in [-0.25, -0.2) is 4.79 Å². The highest BCUT2D eigenvalue weighted by molar-refractivity contribution is 5.81. The molecule has 0 aliphatic heterocycles. The number of aliphatic hydroxyl groups is 1. The van der Waals surface area contributed by atoms with E-state index in [4.69, 9.17) is 5.73 Å². The minimum absolute atomic E-state index is 0.00227. The molecule has 1 saturated carbocycles. The Balaban J connectivity index is 2.30.